The Morgan fingerprint density at radius 1 is 1.39 bits per heavy atom. The van der Waals surface area contributed by atoms with Gasteiger partial charge >= 0.3 is 0 Å². The Morgan fingerprint density at radius 3 is 2.78 bits per heavy atom. The van der Waals surface area contributed by atoms with E-state index < -0.39 is 0 Å². The van der Waals surface area contributed by atoms with Gasteiger partial charge in [-0.1, -0.05) is 13.0 Å². The fourth-order valence-electron chi connectivity index (χ4n) is 2.70. The lowest BCUT2D eigenvalue weighted by molar-refractivity contribution is 0.162. The summed E-state index contributed by atoms with van der Waals surface area (Å²) in [6.45, 7) is 4.25. The number of hydrogen-bond donors (Lipinski definition) is 0. The van der Waals surface area contributed by atoms with E-state index in [9.17, 15) is 4.79 Å². The Kier molecular flexibility index (Phi) is 2.51. The number of aryl methyl sites for hydroxylation is 1. The van der Waals surface area contributed by atoms with E-state index in [1.54, 1.807) is 6.33 Å². The fraction of sp³-hybridized carbons (Fsp3) is 0.467. The van der Waals surface area contributed by atoms with Gasteiger partial charge in [-0.25, -0.2) is 4.98 Å². The summed E-state index contributed by atoms with van der Waals surface area (Å²) >= 11 is 0. The lowest BCUT2D eigenvalue weighted by atomic mass is 9.78. The number of benzene rings is 1. The van der Waals surface area contributed by atoms with Crippen molar-refractivity contribution in [3.05, 3.63) is 40.4 Å². The third kappa shape index (κ3) is 1.57. The van der Waals surface area contributed by atoms with Gasteiger partial charge in [0.1, 0.15) is 0 Å². The van der Waals surface area contributed by atoms with Crippen LogP contribution in [0.15, 0.2) is 29.3 Å². The summed E-state index contributed by atoms with van der Waals surface area (Å²) in [6, 6.07) is 5.98. The molecule has 1 aliphatic carbocycles. The maximum Gasteiger partial charge on any atom is 0.261 e. The molecule has 2 aromatic rings. The molecule has 1 aromatic carbocycles. The standard InChI is InChI=1S/C15H18N2O/c1-3-11-5-6-13-12(9-11)14(18)17(10-16-13)15(2)7-4-8-15/h5-6,9-10H,3-4,7-8H2,1-2H3. The maximum absolute atomic E-state index is 12.6. The van der Waals surface area contributed by atoms with Crippen LogP contribution in [0.25, 0.3) is 10.9 Å². The Hall–Kier alpha value is -1.64. The average molecular weight is 242 g/mol. The van der Waals surface area contributed by atoms with Crippen LogP contribution in [-0.2, 0) is 12.0 Å². The molecule has 3 nitrogen and oxygen atoms in total. The molecule has 1 saturated carbocycles. The highest BCUT2D eigenvalue weighted by Gasteiger charge is 2.34. The number of aromatic nitrogens is 2. The van der Waals surface area contributed by atoms with Gasteiger partial charge in [-0.3, -0.25) is 9.36 Å². The molecule has 0 amide bonds. The van der Waals surface area contributed by atoms with Crippen molar-refractivity contribution >= 4 is 10.9 Å². The SMILES string of the molecule is CCc1ccc2ncn(C3(C)CCC3)c(=O)c2c1. The Labute approximate surface area is 106 Å². The number of hydrogen-bond acceptors (Lipinski definition) is 2. The Morgan fingerprint density at radius 2 is 2.17 bits per heavy atom. The van der Waals surface area contributed by atoms with Gasteiger partial charge in [0, 0.05) is 5.54 Å². The van der Waals surface area contributed by atoms with E-state index in [2.05, 4.69) is 18.8 Å². The molecule has 94 valence electrons. The lowest BCUT2D eigenvalue weighted by Crippen LogP contribution is -2.43. The van der Waals surface area contributed by atoms with Crippen LogP contribution < -0.4 is 5.56 Å². The fourth-order valence-corrected chi connectivity index (χ4v) is 2.70. The smallest absolute Gasteiger partial charge is 0.261 e. The molecule has 1 heterocycles. The van der Waals surface area contributed by atoms with Crippen LogP contribution >= 0.6 is 0 Å². The van der Waals surface area contributed by atoms with E-state index in [4.69, 9.17) is 0 Å². The summed E-state index contributed by atoms with van der Waals surface area (Å²) in [5.41, 5.74) is 2.09. The first-order valence-electron chi connectivity index (χ1n) is 6.65. The van der Waals surface area contributed by atoms with Crippen LogP contribution in [0, 0.1) is 0 Å². The van der Waals surface area contributed by atoms with Crippen LogP contribution in [0.5, 0.6) is 0 Å². The zero-order chi connectivity index (χ0) is 12.8. The van der Waals surface area contributed by atoms with Gasteiger partial charge in [-0.15, -0.1) is 0 Å². The average Bonchev–Trinajstić information content (AvgIpc) is 2.36. The van der Waals surface area contributed by atoms with Gasteiger partial charge in [0.2, 0.25) is 0 Å². The van der Waals surface area contributed by atoms with E-state index in [1.807, 2.05) is 22.8 Å². The van der Waals surface area contributed by atoms with E-state index in [0.29, 0.717) is 0 Å². The summed E-state index contributed by atoms with van der Waals surface area (Å²) in [6.07, 6.45) is 6.02. The predicted molar refractivity (Wildman–Crippen MR) is 72.9 cm³/mol. The van der Waals surface area contributed by atoms with Crippen molar-refractivity contribution in [2.75, 3.05) is 0 Å². The summed E-state index contributed by atoms with van der Waals surface area (Å²) < 4.78 is 1.83. The second-order valence-corrected chi connectivity index (χ2v) is 5.48. The minimum absolute atomic E-state index is 0.0134. The van der Waals surface area contributed by atoms with Gasteiger partial charge in [0.25, 0.3) is 5.56 Å². The monoisotopic (exact) mass is 242 g/mol. The van der Waals surface area contributed by atoms with Gasteiger partial charge < -0.3 is 0 Å². The van der Waals surface area contributed by atoms with Crippen molar-refractivity contribution in [3.8, 4) is 0 Å². The molecule has 0 radical (unpaired) electrons. The van der Waals surface area contributed by atoms with Crippen molar-refractivity contribution in [2.24, 2.45) is 0 Å². The van der Waals surface area contributed by atoms with E-state index in [0.717, 1.165) is 30.2 Å². The molecule has 1 fully saturated rings. The van der Waals surface area contributed by atoms with E-state index in [1.165, 1.54) is 12.0 Å². The number of rotatable bonds is 2. The van der Waals surface area contributed by atoms with Crippen molar-refractivity contribution in [3.63, 3.8) is 0 Å². The molecule has 3 rings (SSSR count). The zero-order valence-corrected chi connectivity index (χ0v) is 10.9. The number of nitrogens with zero attached hydrogens (tertiary/aromatic N) is 2. The molecule has 18 heavy (non-hydrogen) atoms. The molecule has 0 atom stereocenters. The summed E-state index contributed by atoms with van der Waals surface area (Å²) in [7, 11) is 0. The lowest BCUT2D eigenvalue weighted by Gasteiger charge is -2.39. The largest absolute Gasteiger partial charge is 0.293 e. The van der Waals surface area contributed by atoms with Crippen LogP contribution in [0.3, 0.4) is 0 Å². The molecule has 0 bridgehead atoms. The van der Waals surface area contributed by atoms with Crippen molar-refractivity contribution in [1.82, 2.24) is 9.55 Å². The normalized spacial score (nSPS) is 17.7. The van der Waals surface area contributed by atoms with E-state index >= 15 is 0 Å². The van der Waals surface area contributed by atoms with Gasteiger partial charge in [-0.05, 0) is 50.3 Å². The third-order valence-electron chi connectivity index (χ3n) is 4.24. The van der Waals surface area contributed by atoms with Crippen LogP contribution in [0.2, 0.25) is 0 Å². The van der Waals surface area contributed by atoms with Crippen molar-refractivity contribution in [1.29, 1.82) is 0 Å². The molecule has 0 unspecified atom stereocenters. The first kappa shape index (κ1) is 11.5. The van der Waals surface area contributed by atoms with Crippen LogP contribution in [-0.4, -0.2) is 9.55 Å². The topological polar surface area (TPSA) is 34.9 Å². The first-order chi connectivity index (χ1) is 8.64. The molecular formula is C15H18N2O. The van der Waals surface area contributed by atoms with E-state index in [-0.39, 0.29) is 11.1 Å². The van der Waals surface area contributed by atoms with Gasteiger partial charge in [-0.2, -0.15) is 0 Å². The van der Waals surface area contributed by atoms with Crippen LogP contribution in [0.1, 0.15) is 38.7 Å². The molecular weight excluding hydrogens is 224 g/mol. The maximum atomic E-state index is 12.6. The predicted octanol–water partition coefficient (Wildman–Crippen LogP) is 2.86. The van der Waals surface area contributed by atoms with Gasteiger partial charge in [0.05, 0.1) is 17.2 Å². The van der Waals surface area contributed by atoms with Gasteiger partial charge in [0.15, 0.2) is 0 Å². The zero-order valence-electron chi connectivity index (χ0n) is 10.9. The molecule has 1 aromatic heterocycles. The van der Waals surface area contributed by atoms with Crippen LogP contribution in [0.4, 0.5) is 0 Å². The second-order valence-electron chi connectivity index (χ2n) is 5.48. The molecule has 0 aliphatic heterocycles. The summed E-state index contributed by atoms with van der Waals surface area (Å²) in [4.78, 5) is 17.0. The minimum Gasteiger partial charge on any atom is -0.293 e. The second kappa shape index (κ2) is 3.94. The van der Waals surface area contributed by atoms with Crippen molar-refractivity contribution < 1.29 is 0 Å². The number of fused-ring (bicyclic) bond motifs is 1. The highest BCUT2D eigenvalue weighted by Crippen LogP contribution is 2.37. The molecule has 1 aliphatic rings. The quantitative estimate of drug-likeness (QED) is 0.811. The van der Waals surface area contributed by atoms with Crippen molar-refractivity contribution in [2.45, 2.75) is 45.1 Å². The highest BCUT2D eigenvalue weighted by atomic mass is 16.1. The minimum atomic E-state index is -0.0134. The summed E-state index contributed by atoms with van der Waals surface area (Å²) in [5.74, 6) is 0. The first-order valence-corrected chi connectivity index (χ1v) is 6.65. The Bertz CT molecular complexity index is 653. The molecule has 3 heteroatoms. The highest BCUT2D eigenvalue weighted by molar-refractivity contribution is 5.78. The molecule has 0 N–H and O–H groups in total. The molecule has 0 spiro atoms. The summed E-state index contributed by atoms with van der Waals surface area (Å²) in [5, 5.41) is 0.755. The molecule has 0 saturated heterocycles. The third-order valence-corrected chi connectivity index (χ3v) is 4.24. The Balaban J connectivity index is 2.24.